The molecule has 0 radical (unpaired) electrons. The molecule has 0 bridgehead atoms. The summed E-state index contributed by atoms with van der Waals surface area (Å²) >= 11 is 0.491. The number of allylic oxidation sites excluding steroid dienone is 7. The van der Waals surface area contributed by atoms with Crippen LogP contribution >= 0.6 is 12.0 Å². The van der Waals surface area contributed by atoms with Gasteiger partial charge in [0.05, 0.1) is 0 Å². The zero-order valence-electron chi connectivity index (χ0n) is 9.72. The van der Waals surface area contributed by atoms with Crippen molar-refractivity contribution in [3.05, 3.63) is 60.6 Å². The minimum atomic E-state index is -0.190. The van der Waals surface area contributed by atoms with E-state index in [1.165, 1.54) is 17.6 Å². The predicted octanol–water partition coefficient (Wildman–Crippen LogP) is 4.16. The highest BCUT2D eigenvalue weighted by molar-refractivity contribution is 7.96. The minimum absolute atomic E-state index is 0.190. The third-order valence-electron chi connectivity index (χ3n) is 1.27. The summed E-state index contributed by atoms with van der Waals surface area (Å²) in [6, 6.07) is 0. The van der Waals surface area contributed by atoms with E-state index < -0.39 is 0 Å². The van der Waals surface area contributed by atoms with Crippen LogP contribution in [0.25, 0.3) is 0 Å². The monoisotopic (exact) mass is 238 g/mol. The predicted molar refractivity (Wildman–Crippen MR) is 73.3 cm³/mol. The molecule has 1 N–H and O–H groups in total. The van der Waals surface area contributed by atoms with Crippen molar-refractivity contribution in [1.82, 2.24) is 0 Å². The molecule has 2 nitrogen and oxygen atoms in total. The van der Waals surface area contributed by atoms with Gasteiger partial charge in [0.15, 0.2) is 5.78 Å². The molecule has 0 aliphatic rings. The van der Waals surface area contributed by atoms with Crippen molar-refractivity contribution < 1.29 is 9.35 Å². The fourth-order valence-corrected chi connectivity index (χ4v) is 0.891. The number of hydrogen-bond acceptors (Lipinski definition) is 3. The zero-order chi connectivity index (χ0) is 12.8. The number of rotatable bonds is 6. The third kappa shape index (κ3) is 9.24. The molecular weight excluding hydrogens is 220 g/mol. The maximum Gasteiger partial charge on any atom is 0.186 e. The van der Waals surface area contributed by atoms with Gasteiger partial charge in [-0.05, 0) is 6.08 Å². The summed E-state index contributed by atoms with van der Waals surface area (Å²) in [5, 5.41) is 1.31. The molecule has 0 aromatic rings. The normalized spacial score (nSPS) is 11.1. The van der Waals surface area contributed by atoms with Crippen LogP contribution < -0.4 is 0 Å². The first-order valence-corrected chi connectivity index (χ1v) is 5.72. The summed E-state index contributed by atoms with van der Waals surface area (Å²) in [5.41, 5.74) is 0.491. The maximum atomic E-state index is 11.4. The van der Waals surface area contributed by atoms with Crippen molar-refractivity contribution in [3.8, 4) is 0 Å². The first kappa shape index (κ1) is 17.1. The van der Waals surface area contributed by atoms with E-state index in [1.54, 1.807) is 24.3 Å². The van der Waals surface area contributed by atoms with Gasteiger partial charge in [-0.25, -0.2) is 0 Å². The summed E-state index contributed by atoms with van der Waals surface area (Å²) in [6.07, 6.45) is 9.27. The molecule has 0 saturated carbocycles. The van der Waals surface area contributed by atoms with Crippen LogP contribution in [0.15, 0.2) is 60.6 Å². The van der Waals surface area contributed by atoms with E-state index in [9.17, 15) is 4.79 Å². The molecule has 0 aromatic carbocycles. The fourth-order valence-electron chi connectivity index (χ4n) is 0.707. The molecule has 0 rings (SSSR count). The molecule has 88 valence electrons. The quantitative estimate of drug-likeness (QED) is 0.429. The second-order valence-corrected chi connectivity index (χ2v) is 2.71. The van der Waals surface area contributed by atoms with E-state index in [0.29, 0.717) is 17.6 Å². The molecule has 0 aliphatic carbocycles. The average molecular weight is 238 g/mol. The zero-order valence-corrected chi connectivity index (χ0v) is 10.5. The van der Waals surface area contributed by atoms with Gasteiger partial charge in [-0.2, -0.15) is 0 Å². The Morgan fingerprint density at radius 2 is 1.81 bits per heavy atom. The number of carbonyl (C=O) groups is 1. The van der Waals surface area contributed by atoms with Gasteiger partial charge in [0, 0.05) is 23.0 Å². The SMILES string of the molecule is C=C/C=C\C(=C/C=C)C(=O)/C=C/SO.CC. The van der Waals surface area contributed by atoms with Crippen LogP contribution in [0.5, 0.6) is 0 Å². The van der Waals surface area contributed by atoms with Crippen LogP contribution in [-0.2, 0) is 4.79 Å². The lowest BCUT2D eigenvalue weighted by Gasteiger charge is -1.93. The first-order chi connectivity index (χ1) is 7.76. The van der Waals surface area contributed by atoms with Crippen molar-refractivity contribution >= 4 is 17.8 Å². The van der Waals surface area contributed by atoms with Gasteiger partial charge in [-0.3, -0.25) is 4.79 Å². The molecule has 0 unspecified atom stereocenters. The Labute approximate surface area is 102 Å². The summed E-state index contributed by atoms with van der Waals surface area (Å²) in [4.78, 5) is 11.4. The van der Waals surface area contributed by atoms with Crippen LogP contribution in [0.1, 0.15) is 13.8 Å². The van der Waals surface area contributed by atoms with E-state index in [1.807, 2.05) is 13.8 Å². The average Bonchev–Trinajstić information content (AvgIpc) is 2.34. The molecule has 0 spiro atoms. The molecule has 0 fully saturated rings. The number of ketones is 1. The third-order valence-corrected chi connectivity index (χ3v) is 1.53. The summed E-state index contributed by atoms with van der Waals surface area (Å²) < 4.78 is 8.41. The number of carbonyl (C=O) groups excluding carboxylic acids is 1. The van der Waals surface area contributed by atoms with Gasteiger partial charge in [0.2, 0.25) is 0 Å². The van der Waals surface area contributed by atoms with Gasteiger partial charge in [-0.15, -0.1) is 0 Å². The van der Waals surface area contributed by atoms with Crippen LogP contribution in [0.3, 0.4) is 0 Å². The van der Waals surface area contributed by atoms with E-state index in [0.717, 1.165) is 0 Å². The van der Waals surface area contributed by atoms with Gasteiger partial charge < -0.3 is 4.55 Å². The van der Waals surface area contributed by atoms with Gasteiger partial charge in [0.1, 0.15) is 0 Å². The second kappa shape index (κ2) is 13.7. The van der Waals surface area contributed by atoms with Crippen LogP contribution in [-0.4, -0.2) is 10.3 Å². The van der Waals surface area contributed by atoms with Crippen molar-refractivity contribution in [1.29, 1.82) is 0 Å². The summed E-state index contributed by atoms with van der Waals surface area (Å²) in [6.45, 7) is 11.0. The molecule has 0 amide bonds. The Morgan fingerprint density at radius 3 is 2.25 bits per heavy atom. The minimum Gasteiger partial charge on any atom is -0.326 e. The van der Waals surface area contributed by atoms with Crippen molar-refractivity contribution in [2.45, 2.75) is 13.8 Å². The van der Waals surface area contributed by atoms with Crippen LogP contribution in [0.2, 0.25) is 0 Å². The van der Waals surface area contributed by atoms with Crippen molar-refractivity contribution in [3.63, 3.8) is 0 Å². The van der Waals surface area contributed by atoms with Gasteiger partial charge >= 0.3 is 0 Å². The molecule has 0 aliphatic heterocycles. The Morgan fingerprint density at radius 1 is 1.19 bits per heavy atom. The van der Waals surface area contributed by atoms with Crippen LogP contribution in [0.4, 0.5) is 0 Å². The summed E-state index contributed by atoms with van der Waals surface area (Å²) in [7, 11) is 0. The molecule has 0 aromatic heterocycles. The highest BCUT2D eigenvalue weighted by Gasteiger charge is 1.99. The lowest BCUT2D eigenvalue weighted by atomic mass is 10.1. The Balaban J connectivity index is 0. The molecular formula is C13H18O2S. The standard InChI is InChI=1S/C11H12O2S.C2H6/c1-3-5-7-10(6-4-2)11(12)8-9-14-13;1-2/h3-9,13H,1-2H2;1-2H3/b7-5-,9-8+,10-6+;. The Hall–Kier alpha value is -1.32. The molecule has 0 atom stereocenters. The van der Waals surface area contributed by atoms with Crippen LogP contribution in [0, 0.1) is 0 Å². The van der Waals surface area contributed by atoms with E-state index in [4.69, 9.17) is 4.55 Å². The van der Waals surface area contributed by atoms with E-state index in [-0.39, 0.29) is 5.78 Å². The number of hydrogen-bond donors (Lipinski definition) is 1. The lowest BCUT2D eigenvalue weighted by molar-refractivity contribution is -0.111. The molecule has 3 heteroatoms. The smallest absolute Gasteiger partial charge is 0.186 e. The highest BCUT2D eigenvalue weighted by Crippen LogP contribution is 2.03. The second-order valence-electron chi connectivity index (χ2n) is 2.22. The first-order valence-electron chi connectivity index (χ1n) is 4.89. The van der Waals surface area contributed by atoms with Crippen molar-refractivity contribution in [2.24, 2.45) is 0 Å². The van der Waals surface area contributed by atoms with E-state index >= 15 is 0 Å². The summed E-state index contributed by atoms with van der Waals surface area (Å²) in [5.74, 6) is -0.190. The molecule has 0 saturated heterocycles. The topological polar surface area (TPSA) is 37.3 Å². The largest absolute Gasteiger partial charge is 0.326 e. The lowest BCUT2D eigenvalue weighted by Crippen LogP contribution is -1.94. The fraction of sp³-hybridized carbons (Fsp3) is 0.154. The van der Waals surface area contributed by atoms with Crippen molar-refractivity contribution in [2.75, 3.05) is 0 Å². The molecule has 0 heterocycles. The molecule has 16 heavy (non-hydrogen) atoms. The van der Waals surface area contributed by atoms with Gasteiger partial charge in [-0.1, -0.05) is 57.4 Å². The van der Waals surface area contributed by atoms with Gasteiger partial charge in [0.25, 0.3) is 0 Å². The Bertz CT molecular complexity index is 299. The maximum absolute atomic E-state index is 11.4. The highest BCUT2D eigenvalue weighted by atomic mass is 32.2. The van der Waals surface area contributed by atoms with E-state index in [2.05, 4.69) is 13.2 Å². The Kier molecular flexibility index (Phi) is 14.6.